The molecule has 6 rings (SSSR count). The van der Waals surface area contributed by atoms with Crippen LogP contribution in [0, 0.1) is 5.82 Å². The Morgan fingerprint density at radius 1 is 1.02 bits per heavy atom. The van der Waals surface area contributed by atoms with E-state index in [0.29, 0.717) is 0 Å². The number of hydrogen-bond acceptors (Lipinski definition) is 10. The van der Waals surface area contributed by atoms with Crippen LogP contribution in [0.15, 0.2) is 76.4 Å². The maximum atomic E-state index is 14.3. The molecule has 0 radical (unpaired) electrons. The van der Waals surface area contributed by atoms with Gasteiger partial charge in [-0.25, -0.2) is 4.79 Å². The van der Waals surface area contributed by atoms with Crippen LogP contribution in [-0.2, 0) is 33.0 Å². The molecule has 4 heterocycles. The van der Waals surface area contributed by atoms with Gasteiger partial charge in [0.1, 0.15) is 24.4 Å². The number of carbonyl (C=O) groups is 1. The first-order chi connectivity index (χ1) is 22.8. The molecule has 3 aliphatic rings. The lowest BCUT2D eigenvalue weighted by atomic mass is 10.1. The van der Waals surface area contributed by atoms with Crippen LogP contribution in [0.2, 0.25) is 5.04 Å². The molecular weight excluding hydrogens is 641 g/mol. The number of ether oxygens (including phenoxy) is 4. The van der Waals surface area contributed by atoms with Gasteiger partial charge in [-0.1, -0.05) is 81.4 Å². The fraction of sp³-hybridized carbons (Fsp3) is 0.500. The molecule has 258 valence electrons. The van der Waals surface area contributed by atoms with Crippen molar-refractivity contribution in [1.82, 2.24) is 14.6 Å². The maximum absolute atomic E-state index is 14.3. The van der Waals surface area contributed by atoms with Crippen molar-refractivity contribution in [3.8, 4) is 0 Å². The molecule has 14 heteroatoms. The van der Waals surface area contributed by atoms with Gasteiger partial charge in [0.25, 0.3) is 13.9 Å². The summed E-state index contributed by atoms with van der Waals surface area (Å²) in [5.41, 5.74) is -2.04. The molecule has 3 aliphatic heterocycles. The maximum Gasteiger partial charge on any atom is 0.330 e. The number of benzene rings is 2. The van der Waals surface area contributed by atoms with E-state index in [1.165, 1.54) is 5.06 Å². The Balaban J connectivity index is 1.35. The van der Waals surface area contributed by atoms with Crippen molar-refractivity contribution in [2.24, 2.45) is 0 Å². The van der Waals surface area contributed by atoms with E-state index >= 15 is 0 Å². The van der Waals surface area contributed by atoms with Crippen molar-refractivity contribution in [1.29, 1.82) is 0 Å². The van der Waals surface area contributed by atoms with E-state index in [1.807, 2.05) is 41.4 Å². The van der Waals surface area contributed by atoms with E-state index in [9.17, 15) is 18.8 Å². The van der Waals surface area contributed by atoms with Gasteiger partial charge in [-0.05, 0) is 36.2 Å². The van der Waals surface area contributed by atoms with Crippen LogP contribution >= 0.6 is 0 Å². The summed E-state index contributed by atoms with van der Waals surface area (Å²) in [6, 6.07) is 19.4. The molecule has 48 heavy (non-hydrogen) atoms. The lowest BCUT2D eigenvalue weighted by Crippen LogP contribution is -2.67. The summed E-state index contributed by atoms with van der Waals surface area (Å²) in [6.07, 6.45) is -3.46. The van der Waals surface area contributed by atoms with Crippen LogP contribution in [0.3, 0.4) is 0 Å². The number of aromatic nitrogens is 2. The molecule has 0 bridgehead atoms. The number of aromatic amines is 1. The third-order valence-electron chi connectivity index (χ3n) is 9.03. The number of esters is 1. The summed E-state index contributed by atoms with van der Waals surface area (Å²) < 4.78 is 47.1. The average Bonchev–Trinajstić information content (AvgIpc) is 3.71. The summed E-state index contributed by atoms with van der Waals surface area (Å²) in [6.45, 7) is 12.0. The second-order valence-corrected chi connectivity index (χ2v) is 18.0. The lowest BCUT2D eigenvalue weighted by Gasteiger charge is -2.43. The highest BCUT2D eigenvalue weighted by Gasteiger charge is 2.61. The quantitative estimate of drug-likeness (QED) is 0.265. The largest absolute Gasteiger partial charge is 0.465 e. The normalized spacial score (nSPS) is 27.2. The SMILES string of the molecule is CCOC(=O)[C@H]1C[C@@H](n2cc(F)c(=O)[nH]c2=O)ON1[C@@H]1O[C@H](CO[Si](c2ccccc2)(c2ccccc2)C(C)(C)C)[C@H]2OC(C)(C)O[C@H]21. The highest BCUT2D eigenvalue weighted by molar-refractivity contribution is 6.99. The summed E-state index contributed by atoms with van der Waals surface area (Å²) in [7, 11) is -2.96. The minimum absolute atomic E-state index is 0.0883. The predicted molar refractivity (Wildman–Crippen MR) is 174 cm³/mol. The minimum Gasteiger partial charge on any atom is -0.465 e. The average molecular weight is 684 g/mol. The first kappa shape index (κ1) is 34.4. The molecule has 6 atom stereocenters. The highest BCUT2D eigenvalue weighted by atomic mass is 28.4. The van der Waals surface area contributed by atoms with Gasteiger partial charge in [0, 0.05) is 6.42 Å². The molecule has 0 unspecified atom stereocenters. The third-order valence-corrected chi connectivity index (χ3v) is 14.0. The molecule has 3 fully saturated rings. The van der Waals surface area contributed by atoms with Crippen LogP contribution in [-0.4, -0.2) is 78.5 Å². The van der Waals surface area contributed by atoms with Gasteiger partial charge in [-0.3, -0.25) is 24.0 Å². The molecule has 2 aromatic carbocycles. The second kappa shape index (κ2) is 13.1. The number of hydroxylamine groups is 2. The topological polar surface area (TPSA) is 131 Å². The number of rotatable bonds is 9. The summed E-state index contributed by atoms with van der Waals surface area (Å²) in [4.78, 5) is 45.7. The standard InChI is InChI=1S/C34H42FN3O9Si/c1-7-42-31(40)24-18-26(37-19-23(35)29(39)36-32(37)41)47-38(24)30-28-27(45-34(5,6)46-28)25(44-30)20-43-48(33(2,3)4,21-14-10-8-11-15-21)22-16-12-9-13-17-22/h8-17,19,24-28,30H,7,18,20H2,1-6H3,(H,36,39,41)/t24-,25-,26+,27-,28-,30-/m1/s1. The van der Waals surface area contributed by atoms with Gasteiger partial charge in [-0.2, -0.15) is 4.39 Å². The molecule has 0 spiro atoms. The molecule has 1 aromatic heterocycles. The Morgan fingerprint density at radius 2 is 1.62 bits per heavy atom. The van der Waals surface area contributed by atoms with Crippen LogP contribution in [0.1, 0.15) is 54.2 Å². The summed E-state index contributed by atoms with van der Waals surface area (Å²) in [5, 5.41) is 3.22. The Kier molecular flexibility index (Phi) is 9.36. The van der Waals surface area contributed by atoms with Crippen molar-refractivity contribution < 1.29 is 37.4 Å². The number of H-pyrrole nitrogens is 1. The predicted octanol–water partition coefficient (Wildman–Crippen LogP) is 2.56. The van der Waals surface area contributed by atoms with Gasteiger partial charge in [-0.15, -0.1) is 5.06 Å². The van der Waals surface area contributed by atoms with Crippen LogP contribution < -0.4 is 21.6 Å². The number of fused-ring (bicyclic) bond motifs is 1. The number of nitrogens with one attached hydrogen (secondary N) is 1. The van der Waals surface area contributed by atoms with Crippen LogP contribution in [0.4, 0.5) is 4.39 Å². The zero-order chi connectivity index (χ0) is 34.4. The fourth-order valence-corrected chi connectivity index (χ4v) is 11.6. The van der Waals surface area contributed by atoms with Crippen molar-refractivity contribution in [2.45, 2.75) is 95.6 Å². The van der Waals surface area contributed by atoms with E-state index in [-0.39, 0.29) is 24.7 Å². The highest BCUT2D eigenvalue weighted by Crippen LogP contribution is 2.44. The zero-order valence-electron chi connectivity index (χ0n) is 27.9. The molecule has 0 amide bonds. The van der Waals surface area contributed by atoms with Gasteiger partial charge < -0.3 is 23.4 Å². The number of carbonyl (C=O) groups excluding carboxylic acids is 1. The van der Waals surface area contributed by atoms with Crippen molar-refractivity contribution in [2.75, 3.05) is 13.2 Å². The molecule has 3 aromatic rings. The molecule has 0 aliphatic carbocycles. The number of halogens is 1. The Hall–Kier alpha value is -3.50. The smallest absolute Gasteiger partial charge is 0.330 e. The minimum atomic E-state index is -2.96. The molecule has 0 saturated carbocycles. The third kappa shape index (κ3) is 6.22. The fourth-order valence-electron chi connectivity index (χ4n) is 7.03. The van der Waals surface area contributed by atoms with Gasteiger partial charge in [0.15, 0.2) is 18.2 Å². The monoisotopic (exact) mass is 683 g/mol. The second-order valence-electron chi connectivity index (χ2n) is 13.7. The van der Waals surface area contributed by atoms with Crippen LogP contribution in [0.5, 0.6) is 0 Å². The van der Waals surface area contributed by atoms with E-state index in [4.69, 9.17) is 28.2 Å². The van der Waals surface area contributed by atoms with Crippen molar-refractivity contribution >= 4 is 24.7 Å². The summed E-state index contributed by atoms with van der Waals surface area (Å²) >= 11 is 0. The van der Waals surface area contributed by atoms with Crippen molar-refractivity contribution in [3.05, 3.63) is 93.5 Å². The lowest BCUT2D eigenvalue weighted by molar-refractivity contribution is -0.293. The van der Waals surface area contributed by atoms with E-state index < -0.39 is 73.9 Å². The van der Waals surface area contributed by atoms with E-state index in [0.717, 1.165) is 21.1 Å². The number of hydrogen-bond donors (Lipinski definition) is 1. The molecule has 12 nitrogen and oxygen atoms in total. The first-order valence-electron chi connectivity index (χ1n) is 16.1. The number of nitrogens with zero attached hydrogens (tertiary/aromatic N) is 2. The van der Waals surface area contributed by atoms with E-state index in [2.05, 4.69) is 45.0 Å². The van der Waals surface area contributed by atoms with Crippen LogP contribution in [0.25, 0.3) is 0 Å². The van der Waals surface area contributed by atoms with E-state index in [1.54, 1.807) is 20.8 Å². The van der Waals surface area contributed by atoms with Gasteiger partial charge in [0.2, 0.25) is 5.82 Å². The van der Waals surface area contributed by atoms with Gasteiger partial charge >= 0.3 is 11.7 Å². The molecule has 3 saturated heterocycles. The molecular formula is C34H42FN3O9Si. The first-order valence-corrected chi connectivity index (χ1v) is 18.1. The summed E-state index contributed by atoms with van der Waals surface area (Å²) in [5.74, 6) is -2.79. The molecule has 1 N–H and O–H groups in total. The Labute approximate surface area is 278 Å². The Morgan fingerprint density at radius 3 is 2.21 bits per heavy atom. The van der Waals surface area contributed by atoms with Crippen molar-refractivity contribution in [3.63, 3.8) is 0 Å². The Bertz CT molecular complexity index is 1690. The zero-order valence-corrected chi connectivity index (χ0v) is 28.9. The van der Waals surface area contributed by atoms with Gasteiger partial charge in [0.05, 0.1) is 19.4 Å².